The van der Waals surface area contributed by atoms with Gasteiger partial charge in [0.15, 0.2) is 12.2 Å². The van der Waals surface area contributed by atoms with Gasteiger partial charge in [0, 0.05) is 12.1 Å². The van der Waals surface area contributed by atoms with Crippen molar-refractivity contribution in [1.29, 1.82) is 0 Å². The van der Waals surface area contributed by atoms with E-state index in [-0.39, 0.29) is 0 Å². The van der Waals surface area contributed by atoms with Crippen LogP contribution in [-0.2, 0) is 6.54 Å². The molecule has 0 aliphatic rings. The molecule has 0 unspecified atom stereocenters. The number of hydrogen-bond acceptors (Lipinski definition) is 4. The second kappa shape index (κ2) is 7.70. The predicted octanol–water partition coefficient (Wildman–Crippen LogP) is 3.63. The monoisotopic (exact) mass is 274 g/mol. The molecule has 1 aromatic carbocycles. The standard InChI is InChI=1S/C16H22N2O2/c1-3-8-17-11-15-16(20-12-18-15)13-6-5-7-14(10-13)19-9-4-2/h5-7,10,12,17H,3-4,8-9,11H2,1-2H3. The van der Waals surface area contributed by atoms with Gasteiger partial charge in [-0.1, -0.05) is 26.0 Å². The zero-order valence-corrected chi connectivity index (χ0v) is 12.2. The van der Waals surface area contributed by atoms with Gasteiger partial charge in [-0.05, 0) is 31.5 Å². The van der Waals surface area contributed by atoms with Crippen molar-refractivity contribution in [3.63, 3.8) is 0 Å². The molecule has 2 aromatic rings. The molecule has 0 amide bonds. The van der Waals surface area contributed by atoms with Crippen LogP contribution in [0.15, 0.2) is 35.1 Å². The van der Waals surface area contributed by atoms with Gasteiger partial charge in [-0.15, -0.1) is 0 Å². The molecule has 0 aliphatic heterocycles. The third-order valence-electron chi connectivity index (χ3n) is 2.93. The summed E-state index contributed by atoms with van der Waals surface area (Å²) in [6.45, 7) is 6.67. The molecule has 0 spiro atoms. The summed E-state index contributed by atoms with van der Waals surface area (Å²) in [5, 5.41) is 3.34. The van der Waals surface area contributed by atoms with Crippen molar-refractivity contribution in [3.8, 4) is 17.1 Å². The molecule has 1 heterocycles. The fraction of sp³-hybridized carbons (Fsp3) is 0.438. The van der Waals surface area contributed by atoms with Crippen LogP contribution in [0.4, 0.5) is 0 Å². The summed E-state index contributed by atoms with van der Waals surface area (Å²) in [4.78, 5) is 4.29. The maximum absolute atomic E-state index is 5.65. The number of benzene rings is 1. The molecule has 0 bridgehead atoms. The highest BCUT2D eigenvalue weighted by molar-refractivity contribution is 5.61. The summed E-state index contributed by atoms with van der Waals surface area (Å²) >= 11 is 0. The summed E-state index contributed by atoms with van der Waals surface area (Å²) < 4.78 is 11.2. The normalized spacial score (nSPS) is 10.7. The maximum atomic E-state index is 5.65. The third kappa shape index (κ3) is 3.84. The van der Waals surface area contributed by atoms with E-state index in [9.17, 15) is 0 Å². The summed E-state index contributed by atoms with van der Waals surface area (Å²) in [6.07, 6.45) is 3.60. The molecule has 108 valence electrons. The molecule has 4 nitrogen and oxygen atoms in total. The topological polar surface area (TPSA) is 47.3 Å². The van der Waals surface area contributed by atoms with Crippen molar-refractivity contribution in [1.82, 2.24) is 10.3 Å². The molecular weight excluding hydrogens is 252 g/mol. The first-order chi connectivity index (χ1) is 9.85. The van der Waals surface area contributed by atoms with Crippen LogP contribution in [0.2, 0.25) is 0 Å². The minimum atomic E-state index is 0.722. The molecule has 0 atom stereocenters. The number of oxazole rings is 1. The Hall–Kier alpha value is -1.81. The van der Waals surface area contributed by atoms with E-state index in [1.54, 1.807) is 0 Å². The van der Waals surface area contributed by atoms with Gasteiger partial charge in [0.2, 0.25) is 0 Å². The number of nitrogens with zero attached hydrogens (tertiary/aromatic N) is 1. The van der Waals surface area contributed by atoms with Crippen molar-refractivity contribution in [2.24, 2.45) is 0 Å². The molecule has 0 saturated carbocycles. The molecule has 0 fully saturated rings. The Labute approximate surface area is 120 Å². The first-order valence-electron chi connectivity index (χ1n) is 7.21. The van der Waals surface area contributed by atoms with Gasteiger partial charge >= 0.3 is 0 Å². The van der Waals surface area contributed by atoms with Crippen molar-refractivity contribution < 1.29 is 9.15 Å². The number of aromatic nitrogens is 1. The highest BCUT2D eigenvalue weighted by atomic mass is 16.5. The average Bonchev–Trinajstić information content (AvgIpc) is 2.94. The van der Waals surface area contributed by atoms with Crippen LogP contribution in [0, 0.1) is 0 Å². The highest BCUT2D eigenvalue weighted by Crippen LogP contribution is 2.26. The lowest BCUT2D eigenvalue weighted by molar-refractivity contribution is 0.317. The number of nitrogens with one attached hydrogen (secondary N) is 1. The van der Waals surface area contributed by atoms with Gasteiger partial charge in [-0.3, -0.25) is 0 Å². The van der Waals surface area contributed by atoms with Crippen molar-refractivity contribution >= 4 is 0 Å². The van der Waals surface area contributed by atoms with Gasteiger partial charge in [0.05, 0.1) is 6.61 Å². The molecule has 4 heteroatoms. The fourth-order valence-corrected chi connectivity index (χ4v) is 1.96. The van der Waals surface area contributed by atoms with Gasteiger partial charge in [0.1, 0.15) is 11.4 Å². The second-order valence-corrected chi connectivity index (χ2v) is 4.68. The molecule has 0 saturated heterocycles. The van der Waals surface area contributed by atoms with Gasteiger partial charge in [-0.2, -0.15) is 0 Å². The Balaban J connectivity index is 2.12. The Bertz CT molecular complexity index is 523. The van der Waals surface area contributed by atoms with Crippen LogP contribution in [0.1, 0.15) is 32.4 Å². The van der Waals surface area contributed by atoms with Crippen molar-refractivity contribution in [2.45, 2.75) is 33.2 Å². The molecule has 0 aliphatic carbocycles. The SMILES string of the molecule is CCCNCc1ncoc1-c1cccc(OCCC)c1. The average molecular weight is 274 g/mol. The number of ether oxygens (including phenoxy) is 1. The van der Waals surface area contributed by atoms with E-state index >= 15 is 0 Å². The minimum absolute atomic E-state index is 0.722. The quantitative estimate of drug-likeness (QED) is 0.747. The Morgan fingerprint density at radius 3 is 2.95 bits per heavy atom. The zero-order chi connectivity index (χ0) is 14.2. The summed E-state index contributed by atoms with van der Waals surface area (Å²) in [5.74, 6) is 1.68. The summed E-state index contributed by atoms with van der Waals surface area (Å²) in [6, 6.07) is 7.96. The Morgan fingerprint density at radius 2 is 2.15 bits per heavy atom. The van der Waals surface area contributed by atoms with Crippen LogP contribution in [0.3, 0.4) is 0 Å². The molecule has 0 radical (unpaired) electrons. The Morgan fingerprint density at radius 1 is 1.25 bits per heavy atom. The second-order valence-electron chi connectivity index (χ2n) is 4.68. The number of hydrogen-bond donors (Lipinski definition) is 1. The predicted molar refractivity (Wildman–Crippen MR) is 79.7 cm³/mol. The summed E-state index contributed by atoms with van der Waals surface area (Å²) in [7, 11) is 0. The maximum Gasteiger partial charge on any atom is 0.181 e. The molecule has 20 heavy (non-hydrogen) atoms. The van der Waals surface area contributed by atoms with Crippen molar-refractivity contribution in [2.75, 3.05) is 13.2 Å². The lowest BCUT2D eigenvalue weighted by atomic mass is 10.1. The van der Waals surface area contributed by atoms with E-state index in [1.807, 2.05) is 24.3 Å². The first kappa shape index (κ1) is 14.6. The first-order valence-corrected chi connectivity index (χ1v) is 7.21. The van der Waals surface area contributed by atoms with E-state index in [1.165, 1.54) is 6.39 Å². The van der Waals surface area contributed by atoms with Crippen LogP contribution >= 0.6 is 0 Å². The van der Waals surface area contributed by atoms with E-state index in [2.05, 4.69) is 24.1 Å². The van der Waals surface area contributed by atoms with Crippen LogP contribution in [0.25, 0.3) is 11.3 Å². The largest absolute Gasteiger partial charge is 0.494 e. The fourth-order valence-electron chi connectivity index (χ4n) is 1.96. The molecule has 1 N–H and O–H groups in total. The van der Waals surface area contributed by atoms with Crippen LogP contribution in [0.5, 0.6) is 5.75 Å². The lowest BCUT2D eigenvalue weighted by Crippen LogP contribution is -2.14. The van der Waals surface area contributed by atoms with E-state index in [4.69, 9.17) is 9.15 Å². The number of rotatable bonds is 8. The van der Waals surface area contributed by atoms with E-state index in [0.29, 0.717) is 0 Å². The van der Waals surface area contributed by atoms with Crippen LogP contribution in [-0.4, -0.2) is 18.1 Å². The van der Waals surface area contributed by atoms with Gasteiger partial charge < -0.3 is 14.5 Å². The van der Waals surface area contributed by atoms with Gasteiger partial charge in [0.25, 0.3) is 0 Å². The Kier molecular flexibility index (Phi) is 5.62. The molecule has 2 rings (SSSR count). The smallest absolute Gasteiger partial charge is 0.181 e. The lowest BCUT2D eigenvalue weighted by Gasteiger charge is -2.07. The van der Waals surface area contributed by atoms with E-state index < -0.39 is 0 Å². The third-order valence-corrected chi connectivity index (χ3v) is 2.93. The zero-order valence-electron chi connectivity index (χ0n) is 12.2. The van der Waals surface area contributed by atoms with Crippen LogP contribution < -0.4 is 10.1 Å². The minimum Gasteiger partial charge on any atom is -0.494 e. The van der Waals surface area contributed by atoms with Gasteiger partial charge in [-0.25, -0.2) is 4.98 Å². The highest BCUT2D eigenvalue weighted by Gasteiger charge is 2.11. The van der Waals surface area contributed by atoms with E-state index in [0.717, 1.165) is 55.3 Å². The summed E-state index contributed by atoms with van der Waals surface area (Å²) in [5.41, 5.74) is 1.94. The van der Waals surface area contributed by atoms with Crippen molar-refractivity contribution in [3.05, 3.63) is 36.4 Å². The molecule has 1 aromatic heterocycles. The molecular formula is C16H22N2O2.